The highest BCUT2D eigenvalue weighted by Crippen LogP contribution is 2.19. The minimum Gasteiger partial charge on any atom is -0.449 e. The molecule has 0 heterocycles. The predicted molar refractivity (Wildman–Crippen MR) is 89.9 cm³/mol. The third-order valence-electron chi connectivity index (χ3n) is 3.93. The Labute approximate surface area is 136 Å². The fourth-order valence-electron chi connectivity index (χ4n) is 2.52. The molecule has 1 atom stereocenters. The number of anilines is 1. The van der Waals surface area contributed by atoms with Crippen LogP contribution in [0.2, 0.25) is 0 Å². The molecular formula is C18H24N2O3. The van der Waals surface area contributed by atoms with Gasteiger partial charge >= 0.3 is 5.97 Å². The molecule has 23 heavy (non-hydrogen) atoms. The van der Waals surface area contributed by atoms with E-state index in [2.05, 4.69) is 11.4 Å². The van der Waals surface area contributed by atoms with Gasteiger partial charge in [-0.3, -0.25) is 4.79 Å². The summed E-state index contributed by atoms with van der Waals surface area (Å²) in [6.45, 7) is 2.15. The molecule has 1 aromatic carbocycles. The van der Waals surface area contributed by atoms with Crippen molar-refractivity contribution in [2.75, 3.05) is 12.3 Å². The maximum Gasteiger partial charge on any atom is 0.338 e. The number of nitrogens with one attached hydrogen (secondary N) is 1. The SMILES string of the molecule is C[C@@H](OC(=O)c1ccc(N)cc1)C(=O)NCCC1=CCCCC1. The van der Waals surface area contributed by atoms with E-state index in [-0.39, 0.29) is 5.91 Å². The van der Waals surface area contributed by atoms with Gasteiger partial charge in [-0.15, -0.1) is 0 Å². The van der Waals surface area contributed by atoms with Gasteiger partial charge in [-0.2, -0.15) is 0 Å². The van der Waals surface area contributed by atoms with E-state index in [4.69, 9.17) is 10.5 Å². The van der Waals surface area contributed by atoms with Crippen molar-refractivity contribution < 1.29 is 14.3 Å². The van der Waals surface area contributed by atoms with Crippen LogP contribution >= 0.6 is 0 Å². The average Bonchev–Trinajstić information content (AvgIpc) is 2.56. The zero-order valence-electron chi connectivity index (χ0n) is 13.5. The number of esters is 1. The summed E-state index contributed by atoms with van der Waals surface area (Å²) in [7, 11) is 0. The first-order valence-electron chi connectivity index (χ1n) is 8.08. The largest absolute Gasteiger partial charge is 0.449 e. The van der Waals surface area contributed by atoms with Crippen LogP contribution in [0, 0.1) is 0 Å². The van der Waals surface area contributed by atoms with Crippen molar-refractivity contribution in [3.8, 4) is 0 Å². The van der Waals surface area contributed by atoms with Gasteiger partial charge in [-0.25, -0.2) is 4.79 Å². The Morgan fingerprint density at radius 2 is 2.00 bits per heavy atom. The molecule has 0 saturated heterocycles. The fourth-order valence-corrected chi connectivity index (χ4v) is 2.52. The van der Waals surface area contributed by atoms with E-state index in [0.717, 1.165) is 19.3 Å². The number of carbonyl (C=O) groups excluding carboxylic acids is 2. The molecule has 1 aromatic rings. The molecule has 0 radical (unpaired) electrons. The Kier molecular flexibility index (Phi) is 6.20. The topological polar surface area (TPSA) is 81.4 Å². The number of carbonyl (C=O) groups is 2. The maximum atomic E-state index is 12.0. The quantitative estimate of drug-likeness (QED) is 0.480. The molecule has 124 valence electrons. The number of rotatable bonds is 6. The van der Waals surface area contributed by atoms with Gasteiger partial charge in [-0.1, -0.05) is 11.6 Å². The molecule has 0 spiro atoms. The zero-order valence-corrected chi connectivity index (χ0v) is 13.5. The van der Waals surface area contributed by atoms with Crippen molar-refractivity contribution in [1.82, 2.24) is 5.32 Å². The summed E-state index contributed by atoms with van der Waals surface area (Å²) < 4.78 is 5.17. The smallest absolute Gasteiger partial charge is 0.338 e. The molecule has 0 bridgehead atoms. The molecule has 0 unspecified atom stereocenters. The molecule has 1 aliphatic carbocycles. The second-order valence-corrected chi connectivity index (χ2v) is 5.82. The first kappa shape index (κ1) is 17.1. The van der Waals surface area contributed by atoms with E-state index in [1.54, 1.807) is 31.2 Å². The van der Waals surface area contributed by atoms with Gasteiger partial charge < -0.3 is 15.8 Å². The minimum absolute atomic E-state index is 0.273. The van der Waals surface area contributed by atoms with Crippen LogP contribution < -0.4 is 11.1 Å². The molecule has 0 aliphatic heterocycles. The Balaban J connectivity index is 1.74. The van der Waals surface area contributed by atoms with Crippen molar-refractivity contribution in [3.63, 3.8) is 0 Å². The lowest BCUT2D eigenvalue weighted by molar-refractivity contribution is -0.129. The number of nitrogens with two attached hydrogens (primary N) is 1. The number of amides is 1. The summed E-state index contributed by atoms with van der Waals surface area (Å²) in [6.07, 6.45) is 7.06. The molecular weight excluding hydrogens is 292 g/mol. The van der Waals surface area contributed by atoms with Crippen molar-refractivity contribution in [3.05, 3.63) is 41.5 Å². The monoisotopic (exact) mass is 316 g/mol. The van der Waals surface area contributed by atoms with Crippen molar-refractivity contribution in [1.29, 1.82) is 0 Å². The van der Waals surface area contributed by atoms with Gasteiger partial charge in [0.1, 0.15) is 0 Å². The van der Waals surface area contributed by atoms with Crippen molar-refractivity contribution in [2.24, 2.45) is 0 Å². The summed E-state index contributed by atoms with van der Waals surface area (Å²) in [4.78, 5) is 23.9. The Morgan fingerprint density at radius 3 is 2.65 bits per heavy atom. The van der Waals surface area contributed by atoms with E-state index < -0.39 is 12.1 Å². The molecule has 3 N–H and O–H groups in total. The second-order valence-electron chi connectivity index (χ2n) is 5.82. The van der Waals surface area contributed by atoms with Crippen LogP contribution in [0.15, 0.2) is 35.9 Å². The fraction of sp³-hybridized carbons (Fsp3) is 0.444. The summed E-state index contributed by atoms with van der Waals surface area (Å²) in [5.74, 6) is -0.798. The van der Waals surface area contributed by atoms with Crippen LogP contribution in [0.3, 0.4) is 0 Å². The average molecular weight is 316 g/mol. The van der Waals surface area contributed by atoms with Gasteiger partial charge in [-0.05, 0) is 63.3 Å². The van der Waals surface area contributed by atoms with Crippen molar-refractivity contribution in [2.45, 2.75) is 45.1 Å². The predicted octanol–water partition coefficient (Wildman–Crippen LogP) is 2.82. The summed E-state index contributed by atoms with van der Waals surface area (Å²) >= 11 is 0. The zero-order chi connectivity index (χ0) is 16.7. The van der Waals surface area contributed by atoms with E-state index in [1.807, 2.05) is 0 Å². The Hall–Kier alpha value is -2.30. The third kappa shape index (κ3) is 5.43. The molecule has 0 saturated carbocycles. The van der Waals surface area contributed by atoms with Crippen LogP contribution in [-0.2, 0) is 9.53 Å². The molecule has 0 fully saturated rings. The van der Waals surface area contributed by atoms with E-state index in [9.17, 15) is 9.59 Å². The molecule has 1 amide bonds. The highest BCUT2D eigenvalue weighted by Gasteiger charge is 2.18. The minimum atomic E-state index is -0.819. The molecule has 5 nitrogen and oxygen atoms in total. The normalized spacial score (nSPS) is 15.4. The van der Waals surface area contributed by atoms with Gasteiger partial charge in [0.25, 0.3) is 5.91 Å². The summed E-state index contributed by atoms with van der Waals surface area (Å²) in [5, 5.41) is 2.82. The van der Waals surface area contributed by atoms with Gasteiger partial charge in [0.05, 0.1) is 5.56 Å². The molecule has 2 rings (SSSR count). The second kappa shape index (κ2) is 8.36. The Morgan fingerprint density at radius 1 is 1.26 bits per heavy atom. The number of ether oxygens (including phenoxy) is 1. The lowest BCUT2D eigenvalue weighted by Gasteiger charge is -2.15. The molecule has 0 aromatic heterocycles. The van der Waals surface area contributed by atoms with E-state index in [1.165, 1.54) is 18.4 Å². The van der Waals surface area contributed by atoms with Gasteiger partial charge in [0, 0.05) is 12.2 Å². The van der Waals surface area contributed by atoms with E-state index >= 15 is 0 Å². The van der Waals surface area contributed by atoms with E-state index in [0.29, 0.717) is 17.8 Å². The third-order valence-corrected chi connectivity index (χ3v) is 3.93. The standard InChI is InChI=1S/C18H24N2O3/c1-13(23-18(22)15-7-9-16(19)10-8-15)17(21)20-12-11-14-5-3-2-4-6-14/h5,7-10,13H,2-4,6,11-12,19H2,1H3,(H,20,21)/t13-/m1/s1. The molecule has 1 aliphatic rings. The van der Waals surface area contributed by atoms with Crippen LogP contribution in [0.1, 0.15) is 49.4 Å². The van der Waals surface area contributed by atoms with Crippen molar-refractivity contribution >= 4 is 17.6 Å². The van der Waals surface area contributed by atoms with Gasteiger partial charge in [0.2, 0.25) is 0 Å². The summed E-state index contributed by atoms with van der Waals surface area (Å²) in [5.41, 5.74) is 7.93. The van der Waals surface area contributed by atoms with Gasteiger partial charge in [0.15, 0.2) is 6.10 Å². The van der Waals surface area contributed by atoms with Crippen LogP contribution in [0.25, 0.3) is 0 Å². The van der Waals surface area contributed by atoms with Crippen LogP contribution in [0.5, 0.6) is 0 Å². The highest BCUT2D eigenvalue weighted by molar-refractivity contribution is 5.92. The van der Waals surface area contributed by atoms with Crippen LogP contribution in [0.4, 0.5) is 5.69 Å². The first-order chi connectivity index (χ1) is 11.1. The lowest BCUT2D eigenvalue weighted by Crippen LogP contribution is -2.36. The number of hydrogen-bond donors (Lipinski definition) is 2. The molecule has 5 heteroatoms. The number of nitrogen functional groups attached to an aromatic ring is 1. The number of allylic oxidation sites excluding steroid dienone is 1. The summed E-state index contributed by atoms with van der Waals surface area (Å²) in [6, 6.07) is 6.41. The van der Waals surface area contributed by atoms with Crippen LogP contribution in [-0.4, -0.2) is 24.5 Å². The maximum absolute atomic E-state index is 12.0. The lowest BCUT2D eigenvalue weighted by atomic mass is 9.97. The number of hydrogen-bond acceptors (Lipinski definition) is 4. The Bertz CT molecular complexity index is 578. The highest BCUT2D eigenvalue weighted by atomic mass is 16.5. The first-order valence-corrected chi connectivity index (χ1v) is 8.08. The number of benzene rings is 1.